The van der Waals surface area contributed by atoms with Gasteiger partial charge >= 0.3 is 7.25 Å². The standard InChI is InChI=1S/C18H25FO2.C13H25F.C4H10.C3H8O2.2H2O.H2P2S/c1-3-5-8-14-17(16(19)13-6-4-2)21-18(20)15-11-9-7-10-12-15;1-5-6-7-8-12(4)13(14)10-9-11(2)3;1-4(2)3;1-3(2,4)5;;;1-2-3/h7,9-13,17H,3-6,8,14H2,1-2H3;10-12H,5-9H2,1-4H3;4H,1-3H3;4-5H,1-2H3;2*1H2;1H2/p+1/b16-13+;13-10+;;;;;/i/hT. The van der Waals surface area contributed by atoms with Crippen LogP contribution in [0.2, 0.25) is 0 Å². The molecular weight excluding hydrogens is 684 g/mol. The molecule has 0 amide bonds. The van der Waals surface area contributed by atoms with E-state index in [0.29, 0.717) is 24.3 Å². The molecule has 0 aliphatic heterocycles. The Kier molecular flexibility index (Phi) is 48.1. The molecule has 292 valence electrons. The van der Waals surface area contributed by atoms with Crippen LogP contribution in [0.4, 0.5) is 8.78 Å². The molecule has 0 saturated heterocycles. The maximum Gasteiger partial charge on any atom is 0.355 e. The second kappa shape index (κ2) is 41.2. The van der Waals surface area contributed by atoms with Crippen molar-refractivity contribution in [2.45, 2.75) is 159 Å². The molecule has 1 aromatic carbocycles. The number of carbonyl (C=O) groups excluding carboxylic acids is 1. The summed E-state index contributed by atoms with van der Waals surface area (Å²) in [5, 5.41) is 16.2. The summed E-state index contributed by atoms with van der Waals surface area (Å²) in [6.07, 6.45) is 13.0. The lowest BCUT2D eigenvalue weighted by atomic mass is 10.00. The molecule has 6 N–H and O–H groups in total. The number of carbonyl (C=O) groups is 1. The highest BCUT2D eigenvalue weighted by Crippen LogP contribution is 2.21. The summed E-state index contributed by atoms with van der Waals surface area (Å²) in [7, 11) is 2.20. The van der Waals surface area contributed by atoms with Gasteiger partial charge in [-0.25, -0.2) is 13.6 Å². The highest BCUT2D eigenvalue weighted by atomic mass is 32.6. The van der Waals surface area contributed by atoms with Crippen LogP contribution in [0.1, 0.15) is 157 Å². The van der Waals surface area contributed by atoms with Crippen LogP contribution in [0, 0.1) is 17.8 Å². The normalized spacial score (nSPS) is 12.7. The zero-order chi connectivity index (χ0) is 38.1. The average molecular weight is 762 g/mol. The van der Waals surface area contributed by atoms with Crippen molar-refractivity contribution >= 4 is 33.7 Å². The molecule has 49 heavy (non-hydrogen) atoms. The fourth-order valence-electron chi connectivity index (χ4n) is 3.41. The number of benzene rings is 1. The molecule has 4 unspecified atom stereocenters. The number of unbranched alkanes of at least 4 members (excludes halogenated alkanes) is 5. The van der Waals surface area contributed by atoms with E-state index in [1.54, 1.807) is 30.3 Å². The molecule has 6 nitrogen and oxygen atoms in total. The SMILES string of the molecule is CC(C)(O)O.CC(C)C.CCC/C=C(/F)C(CCCCC)OC(=O)c1ccccc1.CCCCCC(C)/C(F)=C\CC(C)C.O.O.[3H][P+](P)=S. The van der Waals surface area contributed by atoms with Crippen molar-refractivity contribution in [3.8, 4) is 0 Å². The van der Waals surface area contributed by atoms with Crippen LogP contribution in [-0.4, -0.2) is 40.3 Å². The molecule has 0 heterocycles. The molecule has 0 fully saturated rings. The lowest BCUT2D eigenvalue weighted by Crippen LogP contribution is -2.19. The van der Waals surface area contributed by atoms with Crippen LogP contribution in [0.25, 0.3) is 0 Å². The lowest BCUT2D eigenvalue weighted by Gasteiger charge is -2.16. The Morgan fingerprint density at radius 3 is 1.71 bits per heavy atom. The molecular formula is C38H75F2O6P2S+. The van der Waals surface area contributed by atoms with Gasteiger partial charge in [0, 0.05) is 5.92 Å². The van der Waals surface area contributed by atoms with Gasteiger partial charge < -0.3 is 25.9 Å². The predicted octanol–water partition coefficient (Wildman–Crippen LogP) is 11.2. The van der Waals surface area contributed by atoms with Gasteiger partial charge in [0.1, 0.15) is 5.83 Å². The zero-order valence-electron chi connectivity index (χ0n) is 33.5. The van der Waals surface area contributed by atoms with Crippen molar-refractivity contribution in [1.29, 1.82) is 1.28 Å². The molecule has 0 aromatic heterocycles. The number of esters is 1. The molecule has 11 heteroatoms. The number of ether oxygens (including phenoxy) is 1. The van der Waals surface area contributed by atoms with Gasteiger partial charge in [-0.1, -0.05) is 125 Å². The van der Waals surface area contributed by atoms with Gasteiger partial charge in [0.05, 0.1) is 20.3 Å². The van der Waals surface area contributed by atoms with Crippen LogP contribution in [-0.2, 0) is 16.5 Å². The minimum absolute atomic E-state index is 0. The number of rotatable bonds is 16. The average Bonchev–Trinajstić information content (AvgIpc) is 2.97. The van der Waals surface area contributed by atoms with Crippen LogP contribution in [0.5, 0.6) is 0 Å². The van der Waals surface area contributed by atoms with E-state index in [-0.39, 0.29) is 28.5 Å². The van der Waals surface area contributed by atoms with Crippen molar-refractivity contribution in [1.82, 2.24) is 0 Å². The van der Waals surface area contributed by atoms with Crippen molar-refractivity contribution in [2.24, 2.45) is 17.8 Å². The Hall–Kier alpha value is -1.18. The van der Waals surface area contributed by atoms with Gasteiger partial charge in [0.25, 0.3) is 0 Å². The van der Waals surface area contributed by atoms with Gasteiger partial charge in [-0.3, -0.25) is 0 Å². The first-order valence-corrected chi connectivity index (χ1v) is 20.9. The Bertz CT molecular complexity index is 950. The molecule has 0 bridgehead atoms. The molecule has 0 radical (unpaired) electrons. The van der Waals surface area contributed by atoms with E-state index < -0.39 is 24.9 Å². The van der Waals surface area contributed by atoms with Crippen molar-refractivity contribution in [2.75, 3.05) is 0 Å². The van der Waals surface area contributed by atoms with Gasteiger partial charge in [-0.2, -0.15) is 0 Å². The third kappa shape index (κ3) is 53.8. The Balaban J connectivity index is -0.000000144. The highest BCUT2D eigenvalue weighted by Gasteiger charge is 2.20. The predicted molar refractivity (Wildman–Crippen MR) is 217 cm³/mol. The number of hydrogen-bond donors (Lipinski definition) is 2. The minimum Gasteiger partial charge on any atom is -0.451 e. The number of halogens is 2. The van der Waals surface area contributed by atoms with Crippen molar-refractivity contribution in [3.63, 3.8) is 0 Å². The first-order valence-electron chi connectivity index (χ1n) is 17.8. The van der Waals surface area contributed by atoms with Crippen molar-refractivity contribution < 1.29 is 39.5 Å². The zero-order valence-corrected chi connectivity index (χ0v) is 35.4. The summed E-state index contributed by atoms with van der Waals surface area (Å²) >= 11 is 4.31. The molecule has 1 aromatic rings. The summed E-state index contributed by atoms with van der Waals surface area (Å²) in [5.74, 6) is -0.673. The first-order chi connectivity index (χ1) is 22.2. The summed E-state index contributed by atoms with van der Waals surface area (Å²) in [6.45, 7) is 20.7. The monoisotopic (exact) mass is 761 g/mol. The lowest BCUT2D eigenvalue weighted by molar-refractivity contribution is -0.127. The Morgan fingerprint density at radius 1 is 0.898 bits per heavy atom. The second-order valence-electron chi connectivity index (χ2n) is 13.1. The van der Waals surface area contributed by atoms with E-state index >= 15 is 0 Å². The summed E-state index contributed by atoms with van der Waals surface area (Å²) < 4.78 is 39.4. The largest absolute Gasteiger partial charge is 0.451 e. The number of allylic oxidation sites excluding steroid dienone is 3. The summed E-state index contributed by atoms with van der Waals surface area (Å²) in [4.78, 5) is 12.0. The molecule has 0 saturated carbocycles. The highest BCUT2D eigenvalue weighted by molar-refractivity contribution is 8.24. The van der Waals surface area contributed by atoms with E-state index in [0.717, 1.165) is 50.9 Å². The van der Waals surface area contributed by atoms with Crippen LogP contribution < -0.4 is 0 Å². The quantitative estimate of drug-likeness (QED) is 0.0749. The maximum absolute atomic E-state index is 14.1. The Morgan fingerprint density at radius 2 is 1.33 bits per heavy atom. The van der Waals surface area contributed by atoms with Gasteiger partial charge in [-0.15, -0.1) is 0 Å². The van der Waals surface area contributed by atoms with E-state index in [9.17, 15) is 13.6 Å². The summed E-state index contributed by atoms with van der Waals surface area (Å²) in [5.41, 5.74) is 0.460. The number of hydrogen-bond acceptors (Lipinski definition) is 5. The fourth-order valence-corrected chi connectivity index (χ4v) is 3.41. The van der Waals surface area contributed by atoms with Gasteiger partial charge in [0.15, 0.2) is 30.7 Å². The molecule has 1 rings (SSSR count). The number of aliphatic hydroxyl groups is 2. The maximum atomic E-state index is 14.1. The van der Waals surface area contributed by atoms with Crippen LogP contribution >= 0.6 is 15.9 Å². The van der Waals surface area contributed by atoms with E-state index in [1.165, 1.54) is 32.8 Å². The second-order valence-corrected chi connectivity index (χ2v) is 15.8. The third-order valence-corrected chi connectivity index (χ3v) is 5.76. The fraction of sp³-hybridized carbons (Fsp3) is 0.711. The van der Waals surface area contributed by atoms with E-state index in [2.05, 4.69) is 69.2 Å². The molecule has 0 spiro atoms. The van der Waals surface area contributed by atoms with Crippen LogP contribution in [0.3, 0.4) is 0 Å². The van der Waals surface area contributed by atoms with Crippen LogP contribution in [0.15, 0.2) is 54.1 Å². The van der Waals surface area contributed by atoms with E-state index in [4.69, 9.17) is 16.2 Å². The summed E-state index contributed by atoms with van der Waals surface area (Å²) in [6, 6.07) is 8.73. The topological polar surface area (TPSA) is 130 Å². The van der Waals surface area contributed by atoms with Gasteiger partial charge in [-0.05, 0) is 76.0 Å². The van der Waals surface area contributed by atoms with E-state index in [1.807, 2.05) is 19.9 Å². The van der Waals surface area contributed by atoms with Gasteiger partial charge in [0.2, 0.25) is 0 Å². The molecule has 4 atom stereocenters. The van der Waals surface area contributed by atoms with Crippen molar-refractivity contribution in [3.05, 3.63) is 59.7 Å². The Labute approximate surface area is 309 Å². The minimum atomic E-state index is -1.50. The third-order valence-electron chi connectivity index (χ3n) is 5.76. The molecule has 0 aliphatic rings. The smallest absolute Gasteiger partial charge is 0.355 e. The molecule has 0 aliphatic carbocycles. The first kappa shape index (κ1) is 57.2.